The molecule has 3 nitrogen and oxygen atoms in total. The number of carbonyl (C=O) groups is 1. The Labute approximate surface area is 146 Å². The highest BCUT2D eigenvalue weighted by Gasteiger charge is 2.43. The van der Waals surface area contributed by atoms with Crippen molar-refractivity contribution in [3.05, 3.63) is 59.7 Å². The molecule has 0 fully saturated rings. The number of carbonyl (C=O) groups excluding carboxylic acids is 1. The summed E-state index contributed by atoms with van der Waals surface area (Å²) in [4.78, 5) is 11.6. The van der Waals surface area contributed by atoms with Gasteiger partial charge in [-0.3, -0.25) is 4.79 Å². The molecule has 0 aliphatic carbocycles. The number of hydrogen-bond acceptors (Lipinski definition) is 2. The fourth-order valence-electron chi connectivity index (χ4n) is 1.88. The topological polar surface area (TPSA) is 38.3 Å². The smallest absolute Gasteiger partial charge is 0.425 e. The third-order valence-corrected chi connectivity index (χ3v) is 3.14. The average Bonchev–Trinajstić information content (AvgIpc) is 2.53. The maximum absolute atomic E-state index is 13.8. The SMILES string of the molecule is O=C(Nc1ccc(C(F)(F)F)cc1)C(F)(F)Oc1cccc(C(F)(F)F)c1. The van der Waals surface area contributed by atoms with E-state index in [9.17, 15) is 39.9 Å². The predicted molar refractivity (Wildman–Crippen MR) is 77.1 cm³/mol. The van der Waals surface area contributed by atoms with Gasteiger partial charge in [0.1, 0.15) is 5.75 Å². The largest absolute Gasteiger partial charge is 0.482 e. The van der Waals surface area contributed by atoms with E-state index in [-0.39, 0.29) is 11.8 Å². The normalized spacial score (nSPS) is 12.6. The van der Waals surface area contributed by atoms with Crippen LogP contribution in [0.5, 0.6) is 5.75 Å². The summed E-state index contributed by atoms with van der Waals surface area (Å²) in [5.41, 5.74) is -2.72. The lowest BCUT2D eigenvalue weighted by Crippen LogP contribution is -2.40. The summed E-state index contributed by atoms with van der Waals surface area (Å²) in [6.07, 6.45) is -14.0. The molecule has 2 aromatic carbocycles. The minimum atomic E-state index is -4.81. The summed E-state index contributed by atoms with van der Waals surface area (Å²) in [5, 5.41) is 1.62. The van der Waals surface area contributed by atoms with Gasteiger partial charge in [0.05, 0.1) is 11.1 Å². The number of anilines is 1. The first-order valence-corrected chi connectivity index (χ1v) is 7.02. The van der Waals surface area contributed by atoms with Crippen LogP contribution < -0.4 is 10.1 Å². The first-order chi connectivity index (χ1) is 12.3. The molecule has 0 aromatic heterocycles. The molecule has 0 heterocycles. The maximum Gasteiger partial charge on any atom is 0.482 e. The Morgan fingerprint density at radius 3 is 1.85 bits per heavy atom. The molecule has 0 spiro atoms. The lowest BCUT2D eigenvalue weighted by molar-refractivity contribution is -0.187. The highest BCUT2D eigenvalue weighted by Crippen LogP contribution is 2.33. The zero-order chi connectivity index (χ0) is 20.5. The van der Waals surface area contributed by atoms with E-state index in [1.54, 1.807) is 5.32 Å². The molecule has 0 unspecified atom stereocenters. The average molecular weight is 399 g/mol. The number of nitrogens with one attached hydrogen (secondary N) is 1. The molecule has 0 aliphatic heterocycles. The molecular formula is C16H9F8NO2. The van der Waals surface area contributed by atoms with E-state index in [0.29, 0.717) is 18.2 Å². The molecule has 146 valence electrons. The van der Waals surface area contributed by atoms with Crippen molar-refractivity contribution in [2.45, 2.75) is 18.5 Å². The summed E-state index contributed by atoms with van der Waals surface area (Å²) in [5.74, 6) is -2.99. The van der Waals surface area contributed by atoms with Gasteiger partial charge in [0, 0.05) is 5.69 Å². The fourth-order valence-corrected chi connectivity index (χ4v) is 1.88. The highest BCUT2D eigenvalue weighted by atomic mass is 19.4. The molecule has 0 radical (unpaired) electrons. The zero-order valence-electron chi connectivity index (χ0n) is 13.0. The van der Waals surface area contributed by atoms with Crippen LogP contribution in [-0.2, 0) is 17.1 Å². The fraction of sp³-hybridized carbons (Fsp3) is 0.188. The second-order valence-electron chi connectivity index (χ2n) is 5.17. The van der Waals surface area contributed by atoms with Crippen LogP contribution in [0.2, 0.25) is 0 Å². The standard InChI is InChI=1S/C16H9F8NO2/c17-14(18,19)9-4-6-11(7-5-9)25-13(26)16(23,24)27-12-3-1-2-10(8-12)15(20,21)22/h1-8H,(H,25,26). The Bertz CT molecular complexity index is 812. The van der Waals surface area contributed by atoms with Crippen LogP contribution in [-0.4, -0.2) is 12.0 Å². The van der Waals surface area contributed by atoms with Crippen molar-refractivity contribution < 1.29 is 44.7 Å². The van der Waals surface area contributed by atoms with E-state index in [0.717, 1.165) is 24.3 Å². The van der Waals surface area contributed by atoms with E-state index in [2.05, 4.69) is 4.74 Å². The van der Waals surface area contributed by atoms with Crippen molar-refractivity contribution >= 4 is 11.6 Å². The third-order valence-electron chi connectivity index (χ3n) is 3.14. The molecule has 11 heteroatoms. The van der Waals surface area contributed by atoms with Gasteiger partial charge < -0.3 is 10.1 Å². The Hall–Kier alpha value is -2.85. The summed E-state index contributed by atoms with van der Waals surface area (Å²) >= 11 is 0. The molecule has 0 saturated heterocycles. The molecule has 0 aliphatic rings. The Morgan fingerprint density at radius 2 is 1.33 bits per heavy atom. The zero-order valence-corrected chi connectivity index (χ0v) is 13.0. The molecule has 1 N–H and O–H groups in total. The number of hydrogen-bond donors (Lipinski definition) is 1. The number of rotatable bonds is 4. The van der Waals surface area contributed by atoms with Crippen molar-refractivity contribution in [1.82, 2.24) is 0 Å². The number of benzene rings is 2. The van der Waals surface area contributed by atoms with Crippen molar-refractivity contribution in [2.24, 2.45) is 0 Å². The minimum absolute atomic E-state index is 0.277. The van der Waals surface area contributed by atoms with Crippen LogP contribution in [0, 0.1) is 0 Å². The lowest BCUT2D eigenvalue weighted by atomic mass is 10.2. The second-order valence-corrected chi connectivity index (χ2v) is 5.17. The molecule has 27 heavy (non-hydrogen) atoms. The van der Waals surface area contributed by atoms with E-state index in [4.69, 9.17) is 0 Å². The van der Waals surface area contributed by atoms with Crippen LogP contribution in [0.4, 0.5) is 40.8 Å². The number of amides is 1. The van der Waals surface area contributed by atoms with Crippen LogP contribution in [0.3, 0.4) is 0 Å². The second kappa shape index (κ2) is 7.05. The molecule has 2 rings (SSSR count). The minimum Gasteiger partial charge on any atom is -0.425 e. The van der Waals surface area contributed by atoms with Gasteiger partial charge >= 0.3 is 24.4 Å². The van der Waals surface area contributed by atoms with E-state index >= 15 is 0 Å². The van der Waals surface area contributed by atoms with Crippen molar-refractivity contribution in [2.75, 3.05) is 5.32 Å². The van der Waals surface area contributed by atoms with Gasteiger partial charge in [-0.2, -0.15) is 35.1 Å². The maximum atomic E-state index is 13.8. The summed E-state index contributed by atoms with van der Waals surface area (Å²) in [7, 11) is 0. The lowest BCUT2D eigenvalue weighted by Gasteiger charge is -2.18. The summed E-state index contributed by atoms with van der Waals surface area (Å²) in [6.45, 7) is 0. The van der Waals surface area contributed by atoms with Crippen molar-refractivity contribution in [3.63, 3.8) is 0 Å². The van der Waals surface area contributed by atoms with Crippen LogP contribution >= 0.6 is 0 Å². The first-order valence-electron chi connectivity index (χ1n) is 7.02. The first kappa shape index (κ1) is 20.5. The molecule has 0 bridgehead atoms. The Balaban J connectivity index is 2.11. The Kier molecular flexibility index (Phi) is 5.34. The number of ether oxygens (including phenoxy) is 1. The van der Waals surface area contributed by atoms with Crippen molar-refractivity contribution in [3.8, 4) is 5.75 Å². The van der Waals surface area contributed by atoms with Gasteiger partial charge in [-0.05, 0) is 42.5 Å². The monoisotopic (exact) mass is 399 g/mol. The summed E-state index contributed by atoms with van der Waals surface area (Å²) in [6, 6.07) is 5.08. The number of alkyl halides is 8. The molecule has 0 atom stereocenters. The van der Waals surface area contributed by atoms with Gasteiger partial charge in [0.2, 0.25) is 0 Å². The van der Waals surface area contributed by atoms with E-state index < -0.39 is 41.2 Å². The van der Waals surface area contributed by atoms with Crippen LogP contribution in [0.15, 0.2) is 48.5 Å². The van der Waals surface area contributed by atoms with Crippen LogP contribution in [0.25, 0.3) is 0 Å². The number of halogens is 8. The predicted octanol–water partition coefficient (Wildman–Crippen LogP) is 5.33. The Morgan fingerprint density at radius 1 is 0.778 bits per heavy atom. The van der Waals surface area contributed by atoms with Crippen molar-refractivity contribution in [1.29, 1.82) is 0 Å². The van der Waals surface area contributed by atoms with E-state index in [1.165, 1.54) is 0 Å². The van der Waals surface area contributed by atoms with Gasteiger partial charge in [-0.1, -0.05) is 6.07 Å². The van der Waals surface area contributed by atoms with Crippen LogP contribution in [0.1, 0.15) is 11.1 Å². The quantitative estimate of drug-likeness (QED) is 0.706. The van der Waals surface area contributed by atoms with Gasteiger partial charge in [0.15, 0.2) is 0 Å². The molecule has 0 saturated carbocycles. The van der Waals surface area contributed by atoms with Gasteiger partial charge in [0.25, 0.3) is 0 Å². The van der Waals surface area contributed by atoms with Gasteiger partial charge in [-0.15, -0.1) is 0 Å². The van der Waals surface area contributed by atoms with Gasteiger partial charge in [-0.25, -0.2) is 0 Å². The molecular weight excluding hydrogens is 390 g/mol. The summed E-state index contributed by atoms with van der Waals surface area (Å²) < 4.78 is 107. The molecule has 1 amide bonds. The third kappa shape index (κ3) is 5.31. The van der Waals surface area contributed by atoms with E-state index in [1.807, 2.05) is 0 Å². The molecule has 2 aromatic rings. The highest BCUT2D eigenvalue weighted by molar-refractivity contribution is 5.95.